The van der Waals surface area contributed by atoms with Gasteiger partial charge in [-0.25, -0.2) is 9.97 Å². The van der Waals surface area contributed by atoms with Crippen LogP contribution in [0, 0.1) is 26.7 Å². The molecule has 29 heavy (non-hydrogen) atoms. The van der Waals surface area contributed by atoms with E-state index in [0.717, 1.165) is 28.9 Å². The van der Waals surface area contributed by atoms with Crippen LogP contribution in [0.15, 0.2) is 55.0 Å². The van der Waals surface area contributed by atoms with Crippen molar-refractivity contribution >= 4 is 11.6 Å². The fraction of sp³-hybridized carbons (Fsp3) is 0.304. The third-order valence-electron chi connectivity index (χ3n) is 5.47. The highest BCUT2D eigenvalue weighted by atomic mass is 16.5. The van der Waals surface area contributed by atoms with Gasteiger partial charge in [-0.2, -0.15) is 0 Å². The summed E-state index contributed by atoms with van der Waals surface area (Å²) in [6.45, 7) is 6.22. The average molecular weight is 388 g/mol. The summed E-state index contributed by atoms with van der Waals surface area (Å²) in [5.74, 6) is 1.20. The van der Waals surface area contributed by atoms with Crippen molar-refractivity contribution in [2.75, 3.05) is 11.9 Å². The predicted octanol–water partition coefficient (Wildman–Crippen LogP) is 3.77. The van der Waals surface area contributed by atoms with Crippen molar-refractivity contribution in [1.82, 2.24) is 15.0 Å². The van der Waals surface area contributed by atoms with E-state index < -0.39 is 0 Å². The number of hydrogen-bond acceptors (Lipinski definition) is 5. The zero-order valence-electron chi connectivity index (χ0n) is 16.8. The molecular formula is C23H24N4O2. The molecule has 2 heterocycles. The fourth-order valence-electron chi connectivity index (χ4n) is 3.75. The van der Waals surface area contributed by atoms with Crippen molar-refractivity contribution in [3.05, 3.63) is 77.6 Å². The highest BCUT2D eigenvalue weighted by Gasteiger charge is 2.60. The Hall–Kier alpha value is -3.28. The molecule has 0 spiro atoms. The number of nitrogens with zero attached hydrogens (tertiary/aromatic N) is 3. The van der Waals surface area contributed by atoms with E-state index in [-0.39, 0.29) is 17.2 Å². The number of benzene rings is 1. The molecule has 1 fully saturated rings. The molecule has 6 heteroatoms. The summed E-state index contributed by atoms with van der Waals surface area (Å²) in [6.07, 6.45) is 5.77. The van der Waals surface area contributed by atoms with Crippen molar-refractivity contribution < 1.29 is 9.53 Å². The molecule has 1 amide bonds. The summed E-state index contributed by atoms with van der Waals surface area (Å²) >= 11 is 0. The van der Waals surface area contributed by atoms with Gasteiger partial charge in [0.1, 0.15) is 5.82 Å². The Morgan fingerprint density at radius 2 is 2.00 bits per heavy atom. The van der Waals surface area contributed by atoms with Gasteiger partial charge in [-0.15, -0.1) is 0 Å². The van der Waals surface area contributed by atoms with Gasteiger partial charge in [-0.1, -0.05) is 29.8 Å². The number of pyridine rings is 1. The Morgan fingerprint density at radius 1 is 1.21 bits per heavy atom. The first-order valence-electron chi connectivity index (χ1n) is 9.69. The predicted molar refractivity (Wildman–Crippen MR) is 111 cm³/mol. The Labute approximate surface area is 170 Å². The molecule has 1 N–H and O–H groups in total. The Bertz CT molecular complexity index is 1040. The summed E-state index contributed by atoms with van der Waals surface area (Å²) < 4.78 is 6.13. The number of carbonyl (C=O) groups excluding carboxylic acids is 1. The van der Waals surface area contributed by atoms with Crippen molar-refractivity contribution in [3.8, 4) is 5.75 Å². The lowest BCUT2D eigenvalue weighted by Crippen LogP contribution is -2.26. The molecule has 3 aromatic rings. The summed E-state index contributed by atoms with van der Waals surface area (Å²) in [4.78, 5) is 25.6. The minimum absolute atomic E-state index is 0.00168. The van der Waals surface area contributed by atoms with Crippen LogP contribution in [0.5, 0.6) is 5.75 Å². The summed E-state index contributed by atoms with van der Waals surface area (Å²) in [7, 11) is 0. The number of anilines is 1. The number of amides is 1. The lowest BCUT2D eigenvalue weighted by molar-refractivity contribution is -0.117. The van der Waals surface area contributed by atoms with Crippen LogP contribution >= 0.6 is 0 Å². The van der Waals surface area contributed by atoms with E-state index in [0.29, 0.717) is 18.2 Å². The van der Waals surface area contributed by atoms with E-state index in [1.807, 2.05) is 19.9 Å². The molecule has 0 unspecified atom stereocenters. The molecule has 0 bridgehead atoms. The Morgan fingerprint density at radius 3 is 2.72 bits per heavy atom. The number of nitrogens with one attached hydrogen (secondary N) is 1. The molecular weight excluding hydrogens is 364 g/mol. The monoisotopic (exact) mass is 388 g/mol. The smallest absolute Gasteiger partial charge is 0.228 e. The molecule has 0 saturated heterocycles. The summed E-state index contributed by atoms with van der Waals surface area (Å²) in [5.41, 5.74) is 3.48. The second-order valence-electron chi connectivity index (χ2n) is 7.66. The minimum Gasteiger partial charge on any atom is -0.489 e. The molecule has 2 atom stereocenters. The van der Waals surface area contributed by atoms with Gasteiger partial charge in [0.2, 0.25) is 5.91 Å². The molecule has 1 aliphatic carbocycles. The lowest BCUT2D eigenvalue weighted by Gasteiger charge is -2.20. The maximum absolute atomic E-state index is 13.0. The number of hydrogen-bond donors (Lipinski definition) is 1. The van der Waals surface area contributed by atoms with Crippen LogP contribution in [0.25, 0.3) is 0 Å². The maximum Gasteiger partial charge on any atom is 0.228 e. The number of rotatable bonds is 6. The van der Waals surface area contributed by atoms with Crippen molar-refractivity contribution in [1.29, 1.82) is 0 Å². The molecule has 148 valence electrons. The molecule has 6 nitrogen and oxygen atoms in total. The molecule has 4 rings (SSSR count). The average Bonchev–Trinajstić information content (AvgIpc) is 3.44. The van der Waals surface area contributed by atoms with E-state index in [1.54, 1.807) is 30.7 Å². The minimum atomic E-state index is -0.361. The third kappa shape index (κ3) is 3.97. The fourth-order valence-corrected chi connectivity index (χ4v) is 3.75. The van der Waals surface area contributed by atoms with E-state index in [9.17, 15) is 4.79 Å². The van der Waals surface area contributed by atoms with Crippen LogP contribution in [0.3, 0.4) is 0 Å². The Balaban J connectivity index is 1.57. The summed E-state index contributed by atoms with van der Waals surface area (Å²) in [5, 5.41) is 3.00. The number of aromatic nitrogens is 3. The zero-order valence-corrected chi connectivity index (χ0v) is 16.8. The molecule has 1 saturated carbocycles. The van der Waals surface area contributed by atoms with Crippen molar-refractivity contribution in [2.24, 2.45) is 5.92 Å². The SMILES string of the molecule is Cc1cccc([C@]2(COc3cnc(C)nc3C)C[C@H]2C(=O)Nc2ccncc2)c1. The van der Waals surface area contributed by atoms with Crippen LogP contribution < -0.4 is 10.1 Å². The first-order chi connectivity index (χ1) is 14.0. The van der Waals surface area contributed by atoms with Gasteiger partial charge in [0.25, 0.3) is 0 Å². The maximum atomic E-state index is 13.0. The first kappa shape index (κ1) is 19.1. The summed E-state index contributed by atoms with van der Waals surface area (Å²) in [6, 6.07) is 11.9. The van der Waals surface area contributed by atoms with E-state index in [2.05, 4.69) is 45.4 Å². The number of carbonyl (C=O) groups is 1. The second-order valence-corrected chi connectivity index (χ2v) is 7.66. The van der Waals surface area contributed by atoms with Crippen LogP contribution in [-0.2, 0) is 10.2 Å². The molecule has 1 aliphatic rings. The molecule has 2 aromatic heterocycles. The second kappa shape index (κ2) is 7.62. The third-order valence-corrected chi connectivity index (χ3v) is 5.47. The normalized spacial score (nSPS) is 20.2. The standard InChI is InChI=1S/C23H24N4O2/c1-15-5-4-6-18(11-15)23(14-29-21-13-25-17(3)26-16(21)2)12-20(23)22(28)27-19-7-9-24-10-8-19/h4-11,13,20H,12,14H2,1-3H3,(H,24,27,28)/t20-,23+/m0/s1. The van der Waals surface area contributed by atoms with Gasteiger partial charge < -0.3 is 10.1 Å². The van der Waals surface area contributed by atoms with Crippen LogP contribution in [0.1, 0.15) is 29.1 Å². The van der Waals surface area contributed by atoms with Crippen molar-refractivity contribution in [3.63, 3.8) is 0 Å². The topological polar surface area (TPSA) is 77.0 Å². The quantitative estimate of drug-likeness (QED) is 0.695. The van der Waals surface area contributed by atoms with E-state index >= 15 is 0 Å². The van der Waals surface area contributed by atoms with Gasteiger partial charge in [-0.05, 0) is 44.9 Å². The number of ether oxygens (including phenoxy) is 1. The highest BCUT2D eigenvalue weighted by molar-refractivity contribution is 5.96. The first-order valence-corrected chi connectivity index (χ1v) is 9.69. The van der Waals surface area contributed by atoms with E-state index in [4.69, 9.17) is 4.74 Å². The lowest BCUT2D eigenvalue weighted by atomic mass is 9.92. The zero-order chi connectivity index (χ0) is 20.4. The molecule has 0 radical (unpaired) electrons. The van der Waals surface area contributed by atoms with Gasteiger partial charge in [0.15, 0.2) is 5.75 Å². The largest absolute Gasteiger partial charge is 0.489 e. The van der Waals surface area contributed by atoms with Crippen LogP contribution in [0.4, 0.5) is 5.69 Å². The van der Waals surface area contributed by atoms with Crippen LogP contribution in [-0.4, -0.2) is 27.5 Å². The highest BCUT2D eigenvalue weighted by Crippen LogP contribution is 2.55. The molecule has 0 aliphatic heterocycles. The Kier molecular flexibility index (Phi) is 5.01. The van der Waals surface area contributed by atoms with Gasteiger partial charge in [0, 0.05) is 23.5 Å². The number of aryl methyl sites for hydroxylation is 3. The van der Waals surface area contributed by atoms with Gasteiger partial charge in [-0.3, -0.25) is 9.78 Å². The van der Waals surface area contributed by atoms with Crippen LogP contribution in [0.2, 0.25) is 0 Å². The van der Waals surface area contributed by atoms with Crippen molar-refractivity contribution in [2.45, 2.75) is 32.6 Å². The molecule has 1 aromatic carbocycles. The van der Waals surface area contributed by atoms with Gasteiger partial charge in [0.05, 0.1) is 24.4 Å². The van der Waals surface area contributed by atoms with Gasteiger partial charge >= 0.3 is 0 Å². The van der Waals surface area contributed by atoms with E-state index in [1.165, 1.54) is 0 Å².